The van der Waals surface area contributed by atoms with Gasteiger partial charge in [0, 0.05) is 11.9 Å². The number of esters is 2. The first-order valence-electron chi connectivity index (χ1n) is 11.7. The second-order valence-electron chi connectivity index (χ2n) is 8.21. The van der Waals surface area contributed by atoms with Crippen LogP contribution in [0.5, 0.6) is 11.5 Å². The maximum Gasteiger partial charge on any atom is 0.338 e. The van der Waals surface area contributed by atoms with Crippen LogP contribution in [0, 0.1) is 3.57 Å². The smallest absolute Gasteiger partial charge is 0.338 e. The molecule has 0 N–H and O–H groups in total. The quantitative estimate of drug-likeness (QED) is 0.211. The van der Waals surface area contributed by atoms with Gasteiger partial charge >= 0.3 is 11.9 Å². The third-order valence-electron chi connectivity index (χ3n) is 5.58. The molecule has 0 amide bonds. The molecular weight excluding hydrogens is 643 g/mol. The molecule has 1 aromatic heterocycles. The van der Waals surface area contributed by atoms with Crippen molar-refractivity contribution >= 4 is 63.5 Å². The summed E-state index contributed by atoms with van der Waals surface area (Å²) in [5, 5.41) is 0.538. The molecule has 0 radical (unpaired) electrons. The summed E-state index contributed by atoms with van der Waals surface area (Å²) in [6, 6.07) is 9.79. The van der Waals surface area contributed by atoms with Crippen molar-refractivity contribution in [2.75, 3.05) is 13.2 Å². The first-order chi connectivity index (χ1) is 18.1. The number of allylic oxidation sites excluding steroid dienone is 1. The molecule has 8 nitrogen and oxygen atoms in total. The van der Waals surface area contributed by atoms with Gasteiger partial charge < -0.3 is 14.2 Å². The van der Waals surface area contributed by atoms with Gasteiger partial charge in [0.2, 0.25) is 0 Å². The predicted molar refractivity (Wildman–Crippen MR) is 153 cm³/mol. The Labute approximate surface area is 241 Å². The van der Waals surface area contributed by atoms with E-state index in [2.05, 4.69) is 27.6 Å². The minimum atomic E-state index is -0.727. The molecular formula is C27H24ClIN2O6S. The van der Waals surface area contributed by atoms with Crippen LogP contribution >= 0.6 is 45.5 Å². The summed E-state index contributed by atoms with van der Waals surface area (Å²) in [6.07, 6.45) is 1.73. The lowest BCUT2D eigenvalue weighted by atomic mass is 9.96. The number of aromatic nitrogens is 1. The van der Waals surface area contributed by atoms with Crippen LogP contribution in [0.2, 0.25) is 5.02 Å². The van der Waals surface area contributed by atoms with Gasteiger partial charge in [-0.1, -0.05) is 35.1 Å². The highest BCUT2D eigenvalue weighted by Crippen LogP contribution is 2.35. The minimum absolute atomic E-state index is 0.192. The number of benzene rings is 2. The molecule has 0 unspecified atom stereocenters. The second-order valence-corrected chi connectivity index (χ2v) is 10.8. The maximum atomic E-state index is 13.8. The monoisotopic (exact) mass is 666 g/mol. The van der Waals surface area contributed by atoms with Gasteiger partial charge in [0.25, 0.3) is 5.56 Å². The molecule has 11 heteroatoms. The van der Waals surface area contributed by atoms with Gasteiger partial charge in [0.05, 0.1) is 38.6 Å². The van der Waals surface area contributed by atoms with Crippen LogP contribution in [0.25, 0.3) is 6.08 Å². The van der Waals surface area contributed by atoms with Gasteiger partial charge in [-0.25, -0.2) is 9.79 Å². The number of hydrogen-bond donors (Lipinski definition) is 0. The molecule has 1 aliphatic heterocycles. The number of thiazole rings is 1. The van der Waals surface area contributed by atoms with E-state index in [1.165, 1.54) is 22.8 Å². The summed E-state index contributed by atoms with van der Waals surface area (Å²) in [5.74, 6) is -0.260. The van der Waals surface area contributed by atoms with Gasteiger partial charge in [-0.05, 0) is 84.8 Å². The van der Waals surface area contributed by atoms with E-state index in [-0.39, 0.29) is 12.2 Å². The largest absolute Gasteiger partial charge is 0.490 e. The Morgan fingerprint density at radius 3 is 2.53 bits per heavy atom. The summed E-state index contributed by atoms with van der Waals surface area (Å²) in [6.45, 7) is 7.17. The number of carbonyl (C=O) groups excluding carboxylic acids is 2. The number of rotatable bonds is 7. The molecule has 1 aliphatic rings. The number of halogens is 2. The zero-order valence-electron chi connectivity index (χ0n) is 21.0. The second kappa shape index (κ2) is 11.8. The Morgan fingerprint density at radius 2 is 1.89 bits per heavy atom. The molecule has 0 aliphatic carbocycles. The molecule has 2 aromatic carbocycles. The molecule has 0 bridgehead atoms. The fourth-order valence-corrected chi connectivity index (χ4v) is 5.99. The van der Waals surface area contributed by atoms with Crippen molar-refractivity contribution in [2.24, 2.45) is 4.99 Å². The number of ether oxygens (including phenoxy) is 3. The Kier molecular flexibility index (Phi) is 8.74. The zero-order chi connectivity index (χ0) is 27.6. The van der Waals surface area contributed by atoms with E-state index in [1.54, 1.807) is 56.3 Å². The van der Waals surface area contributed by atoms with Crippen LogP contribution < -0.4 is 24.4 Å². The Morgan fingerprint density at radius 1 is 1.18 bits per heavy atom. The summed E-state index contributed by atoms with van der Waals surface area (Å²) in [4.78, 5) is 43.4. The van der Waals surface area contributed by atoms with E-state index >= 15 is 0 Å². The van der Waals surface area contributed by atoms with E-state index in [9.17, 15) is 14.4 Å². The fraction of sp³-hybridized carbons (Fsp3) is 0.259. The molecule has 1 atom stereocenters. The van der Waals surface area contributed by atoms with Crippen molar-refractivity contribution in [1.82, 2.24) is 4.57 Å². The van der Waals surface area contributed by atoms with E-state index in [0.717, 1.165) is 0 Å². The summed E-state index contributed by atoms with van der Waals surface area (Å²) >= 11 is 9.39. The number of hydrogen-bond acceptors (Lipinski definition) is 8. The third kappa shape index (κ3) is 5.71. The highest BCUT2D eigenvalue weighted by molar-refractivity contribution is 14.1. The van der Waals surface area contributed by atoms with Crippen molar-refractivity contribution in [3.8, 4) is 11.5 Å². The molecule has 0 saturated heterocycles. The minimum Gasteiger partial charge on any atom is -0.490 e. The number of fused-ring (bicyclic) bond motifs is 1. The van der Waals surface area contributed by atoms with E-state index in [4.69, 9.17) is 25.8 Å². The van der Waals surface area contributed by atoms with Gasteiger partial charge in [0.1, 0.15) is 0 Å². The van der Waals surface area contributed by atoms with Gasteiger partial charge in [-0.15, -0.1) is 0 Å². The Balaban J connectivity index is 1.91. The van der Waals surface area contributed by atoms with Crippen LogP contribution in [-0.4, -0.2) is 29.7 Å². The van der Waals surface area contributed by atoms with Crippen molar-refractivity contribution in [3.63, 3.8) is 0 Å². The van der Waals surface area contributed by atoms with E-state index in [1.807, 2.05) is 6.92 Å². The van der Waals surface area contributed by atoms with Crippen molar-refractivity contribution in [2.45, 2.75) is 33.7 Å². The van der Waals surface area contributed by atoms with Crippen LogP contribution in [0.15, 0.2) is 57.5 Å². The van der Waals surface area contributed by atoms with Gasteiger partial charge in [-0.3, -0.25) is 14.2 Å². The molecule has 198 valence electrons. The molecule has 0 spiro atoms. The molecule has 0 fully saturated rings. The third-order valence-corrected chi connectivity index (χ3v) is 7.61. The van der Waals surface area contributed by atoms with Crippen molar-refractivity contribution in [1.29, 1.82) is 0 Å². The Hall–Kier alpha value is -2.96. The highest BCUT2D eigenvalue weighted by atomic mass is 127. The standard InChI is InChI=1S/C27H24ClIN2O6S/c1-5-35-20-12-16(11-19(29)24(20)37-15(4)32)13-21-25(33)31-23(17-7-9-18(28)10-8-17)22(26(34)36-6-2)14(3)30-27(31)38-21/h7-13,23H,5-6H2,1-4H3/b21-13-/t23-/m1/s1. The molecule has 38 heavy (non-hydrogen) atoms. The Bertz CT molecular complexity index is 1620. The summed E-state index contributed by atoms with van der Waals surface area (Å²) < 4.78 is 18.9. The first-order valence-corrected chi connectivity index (χ1v) is 14.0. The average Bonchev–Trinajstić information content (AvgIpc) is 3.15. The van der Waals surface area contributed by atoms with E-state index < -0.39 is 18.0 Å². The van der Waals surface area contributed by atoms with Crippen LogP contribution in [0.1, 0.15) is 44.9 Å². The normalized spacial score (nSPS) is 15.1. The first kappa shape index (κ1) is 28.1. The lowest BCUT2D eigenvalue weighted by Crippen LogP contribution is -2.39. The van der Waals surface area contributed by atoms with E-state index in [0.29, 0.717) is 58.4 Å². The van der Waals surface area contributed by atoms with Gasteiger partial charge in [-0.2, -0.15) is 0 Å². The predicted octanol–water partition coefficient (Wildman–Crippen LogP) is 4.38. The van der Waals surface area contributed by atoms with Crippen LogP contribution in [0.4, 0.5) is 0 Å². The topological polar surface area (TPSA) is 96.2 Å². The van der Waals surface area contributed by atoms with Gasteiger partial charge in [0.15, 0.2) is 16.3 Å². The lowest BCUT2D eigenvalue weighted by Gasteiger charge is -2.24. The van der Waals surface area contributed by atoms with Crippen molar-refractivity contribution < 1.29 is 23.8 Å². The molecule has 4 rings (SSSR count). The molecule has 2 heterocycles. The molecule has 0 saturated carbocycles. The lowest BCUT2D eigenvalue weighted by molar-refractivity contribution is -0.139. The average molecular weight is 667 g/mol. The number of nitrogens with zero attached hydrogens (tertiary/aromatic N) is 2. The number of carbonyl (C=O) groups is 2. The zero-order valence-corrected chi connectivity index (χ0v) is 24.8. The summed E-state index contributed by atoms with van der Waals surface area (Å²) in [5.41, 5.74) is 1.86. The summed E-state index contributed by atoms with van der Waals surface area (Å²) in [7, 11) is 0. The molecule has 3 aromatic rings. The SMILES string of the molecule is CCOC(=O)C1=C(C)N=c2s/c(=C\c3cc(I)c(OC(C)=O)c(OCC)c3)c(=O)n2[C@@H]1c1ccc(Cl)cc1. The van der Waals surface area contributed by atoms with Crippen LogP contribution in [0.3, 0.4) is 0 Å². The highest BCUT2D eigenvalue weighted by Gasteiger charge is 2.33. The van der Waals surface area contributed by atoms with Crippen LogP contribution in [-0.2, 0) is 14.3 Å². The maximum absolute atomic E-state index is 13.8. The fourth-order valence-electron chi connectivity index (χ4n) is 4.08. The van der Waals surface area contributed by atoms with Crippen molar-refractivity contribution in [3.05, 3.63) is 87.1 Å².